The second-order valence-electron chi connectivity index (χ2n) is 5.54. The number of carbonyl (C=O) groups is 1. The third kappa shape index (κ3) is 3.56. The van der Waals surface area contributed by atoms with Crippen LogP contribution in [-0.2, 0) is 0 Å². The molecule has 9 heteroatoms. The molecule has 2 N–H and O–H groups in total. The van der Waals surface area contributed by atoms with Crippen molar-refractivity contribution in [1.29, 1.82) is 0 Å². The summed E-state index contributed by atoms with van der Waals surface area (Å²) in [4.78, 5) is 28.5. The van der Waals surface area contributed by atoms with Crippen molar-refractivity contribution in [2.75, 3.05) is 12.4 Å². The number of fused-ring (bicyclic) bond motifs is 1. The van der Waals surface area contributed by atoms with Crippen LogP contribution in [0.25, 0.3) is 10.9 Å². The van der Waals surface area contributed by atoms with Crippen LogP contribution in [0.1, 0.15) is 41.3 Å². The Morgan fingerprint density at radius 1 is 1.15 bits per heavy atom. The number of anilines is 1. The van der Waals surface area contributed by atoms with Crippen molar-refractivity contribution >= 4 is 22.6 Å². The number of benzene rings is 1. The molecule has 0 saturated heterocycles. The Kier molecular flexibility index (Phi) is 4.97. The molecule has 1 atom stereocenters. The van der Waals surface area contributed by atoms with Crippen LogP contribution in [0, 0.1) is 0 Å². The molecule has 2 heterocycles. The fraction of sp³-hybridized carbons (Fsp3) is 0.235. The Morgan fingerprint density at radius 3 is 2.69 bits per heavy atom. The van der Waals surface area contributed by atoms with Crippen LogP contribution in [-0.4, -0.2) is 32.9 Å². The lowest BCUT2D eigenvalue weighted by atomic mass is 10.1. The monoisotopic (exact) mass is 358 g/mol. The summed E-state index contributed by atoms with van der Waals surface area (Å²) in [5.74, 6) is 0.402. The van der Waals surface area contributed by atoms with Gasteiger partial charge < -0.3 is 10.6 Å². The average Bonchev–Trinajstić information content (AvgIpc) is 2.66. The third-order valence-corrected chi connectivity index (χ3v) is 3.79. The maximum absolute atomic E-state index is 12.8. The molecule has 0 aliphatic heterocycles. The maximum Gasteiger partial charge on any atom is 0.280 e. The minimum atomic E-state index is -2.69. The van der Waals surface area contributed by atoms with Crippen LogP contribution < -0.4 is 10.6 Å². The summed E-state index contributed by atoms with van der Waals surface area (Å²) in [5, 5.41) is 6.45. The van der Waals surface area contributed by atoms with Crippen molar-refractivity contribution in [3.05, 3.63) is 53.9 Å². The number of hydrogen-bond acceptors (Lipinski definition) is 6. The van der Waals surface area contributed by atoms with Crippen molar-refractivity contribution in [3.63, 3.8) is 0 Å². The van der Waals surface area contributed by atoms with Crippen LogP contribution in [0.15, 0.2) is 36.8 Å². The van der Waals surface area contributed by atoms with Gasteiger partial charge in [0, 0.05) is 24.2 Å². The first-order chi connectivity index (χ1) is 12.5. The highest BCUT2D eigenvalue weighted by molar-refractivity contribution is 5.99. The topological polar surface area (TPSA) is 92.7 Å². The first kappa shape index (κ1) is 17.6. The summed E-state index contributed by atoms with van der Waals surface area (Å²) in [6.45, 7) is 1.63. The average molecular weight is 358 g/mol. The molecule has 0 spiro atoms. The summed E-state index contributed by atoms with van der Waals surface area (Å²) in [6.07, 6.45) is -0.0397. The zero-order valence-electron chi connectivity index (χ0n) is 14.1. The van der Waals surface area contributed by atoms with Crippen molar-refractivity contribution in [2.24, 2.45) is 0 Å². The van der Waals surface area contributed by atoms with E-state index in [2.05, 4.69) is 30.6 Å². The van der Waals surface area contributed by atoms with E-state index in [4.69, 9.17) is 0 Å². The second-order valence-corrected chi connectivity index (χ2v) is 5.54. The first-order valence-electron chi connectivity index (χ1n) is 7.84. The van der Waals surface area contributed by atoms with E-state index in [0.29, 0.717) is 16.9 Å². The number of rotatable bonds is 5. The molecule has 1 amide bonds. The molecule has 7 nitrogen and oxygen atoms in total. The Hall–Kier alpha value is -3.23. The molecule has 26 heavy (non-hydrogen) atoms. The fourth-order valence-electron chi connectivity index (χ4n) is 2.46. The Balaban J connectivity index is 1.81. The molecule has 3 aromatic rings. The summed E-state index contributed by atoms with van der Waals surface area (Å²) in [6, 6.07) is 5.54. The lowest BCUT2D eigenvalue weighted by Gasteiger charge is -2.14. The SMILES string of the molecule is CNc1ncnc2cc(C(=O)NC(C)c3nccc(C(F)F)n3)ccc12. The van der Waals surface area contributed by atoms with Gasteiger partial charge in [-0.2, -0.15) is 0 Å². The van der Waals surface area contributed by atoms with E-state index in [9.17, 15) is 13.6 Å². The minimum absolute atomic E-state index is 0.122. The molecule has 0 aliphatic carbocycles. The number of halogens is 2. The number of nitrogens with zero attached hydrogens (tertiary/aromatic N) is 4. The first-order valence-corrected chi connectivity index (χ1v) is 7.84. The van der Waals surface area contributed by atoms with Crippen molar-refractivity contribution < 1.29 is 13.6 Å². The van der Waals surface area contributed by atoms with Gasteiger partial charge in [-0.25, -0.2) is 28.7 Å². The molecule has 0 radical (unpaired) electrons. The highest BCUT2D eigenvalue weighted by atomic mass is 19.3. The van der Waals surface area contributed by atoms with Gasteiger partial charge in [-0.15, -0.1) is 0 Å². The van der Waals surface area contributed by atoms with Crippen LogP contribution in [0.5, 0.6) is 0 Å². The summed E-state index contributed by atoms with van der Waals surface area (Å²) in [5.41, 5.74) is 0.619. The zero-order chi connectivity index (χ0) is 18.7. The van der Waals surface area contributed by atoms with Gasteiger partial charge in [0.15, 0.2) is 5.82 Å². The van der Waals surface area contributed by atoms with Crippen molar-refractivity contribution in [1.82, 2.24) is 25.3 Å². The highest BCUT2D eigenvalue weighted by Gasteiger charge is 2.17. The maximum atomic E-state index is 12.8. The Morgan fingerprint density at radius 2 is 1.96 bits per heavy atom. The summed E-state index contributed by atoms with van der Waals surface area (Å²) < 4.78 is 25.5. The van der Waals surface area contributed by atoms with Gasteiger partial charge in [-0.1, -0.05) is 0 Å². The van der Waals surface area contributed by atoms with Crippen LogP contribution in [0.3, 0.4) is 0 Å². The molecule has 0 aliphatic rings. The summed E-state index contributed by atoms with van der Waals surface area (Å²) in [7, 11) is 1.75. The van der Waals surface area contributed by atoms with Crippen LogP contribution >= 0.6 is 0 Å². The van der Waals surface area contributed by atoms with Gasteiger partial charge in [0.2, 0.25) is 0 Å². The van der Waals surface area contributed by atoms with Gasteiger partial charge in [-0.05, 0) is 31.2 Å². The van der Waals surface area contributed by atoms with E-state index in [0.717, 1.165) is 11.5 Å². The van der Waals surface area contributed by atoms with Crippen LogP contribution in [0.4, 0.5) is 14.6 Å². The molecule has 0 fully saturated rings. The van der Waals surface area contributed by atoms with E-state index in [1.807, 2.05) is 0 Å². The molecular formula is C17H16F2N6O. The number of amides is 1. The van der Waals surface area contributed by atoms with E-state index >= 15 is 0 Å². The fourth-order valence-corrected chi connectivity index (χ4v) is 2.46. The molecule has 1 aromatic carbocycles. The Bertz CT molecular complexity index is 949. The second kappa shape index (κ2) is 7.34. The van der Waals surface area contributed by atoms with Crippen LogP contribution in [0.2, 0.25) is 0 Å². The predicted molar refractivity (Wildman–Crippen MR) is 92.0 cm³/mol. The minimum Gasteiger partial charge on any atom is -0.373 e. The van der Waals surface area contributed by atoms with Gasteiger partial charge in [0.25, 0.3) is 12.3 Å². The zero-order valence-corrected chi connectivity index (χ0v) is 14.1. The molecule has 1 unspecified atom stereocenters. The van der Waals surface area contributed by atoms with Gasteiger partial charge in [0.05, 0.1) is 11.6 Å². The van der Waals surface area contributed by atoms with E-state index in [-0.39, 0.29) is 17.4 Å². The van der Waals surface area contributed by atoms with E-state index < -0.39 is 12.5 Å². The lowest BCUT2D eigenvalue weighted by Crippen LogP contribution is -2.28. The third-order valence-electron chi connectivity index (χ3n) is 3.79. The standard InChI is InChI=1S/C17H16F2N6O/c1-9(15-21-6-5-12(25-15)14(18)19)24-17(26)10-3-4-11-13(7-10)22-8-23-16(11)20-2/h3-9,14H,1-2H3,(H,24,26)(H,20,22,23). The normalized spacial score (nSPS) is 12.2. The number of nitrogens with one attached hydrogen (secondary N) is 2. The smallest absolute Gasteiger partial charge is 0.280 e. The Labute approximate surface area is 147 Å². The van der Waals surface area contributed by atoms with Gasteiger partial charge in [0.1, 0.15) is 17.8 Å². The molecule has 134 valence electrons. The highest BCUT2D eigenvalue weighted by Crippen LogP contribution is 2.21. The number of carbonyl (C=O) groups excluding carboxylic acids is 1. The van der Waals surface area contributed by atoms with E-state index in [1.54, 1.807) is 32.2 Å². The quantitative estimate of drug-likeness (QED) is 0.729. The number of alkyl halides is 2. The molecule has 0 bridgehead atoms. The largest absolute Gasteiger partial charge is 0.373 e. The van der Waals surface area contributed by atoms with Gasteiger partial charge in [-0.3, -0.25) is 4.79 Å². The lowest BCUT2D eigenvalue weighted by molar-refractivity contribution is 0.0938. The summed E-state index contributed by atoms with van der Waals surface area (Å²) >= 11 is 0. The predicted octanol–water partition coefficient (Wildman–Crippen LogP) is 2.89. The van der Waals surface area contributed by atoms with Crippen molar-refractivity contribution in [3.8, 4) is 0 Å². The molecule has 3 rings (SSSR count). The molecular weight excluding hydrogens is 342 g/mol. The molecule has 0 saturated carbocycles. The molecule has 2 aromatic heterocycles. The van der Waals surface area contributed by atoms with Crippen molar-refractivity contribution in [2.45, 2.75) is 19.4 Å². The van der Waals surface area contributed by atoms with E-state index in [1.165, 1.54) is 12.5 Å². The van der Waals surface area contributed by atoms with Gasteiger partial charge >= 0.3 is 0 Å². The number of hydrogen-bond donors (Lipinski definition) is 2. The number of aromatic nitrogens is 4.